The molecule has 0 spiro atoms. The highest BCUT2D eigenvalue weighted by Crippen LogP contribution is 2.29. The van der Waals surface area contributed by atoms with Crippen LogP contribution in [-0.4, -0.2) is 14.9 Å². The summed E-state index contributed by atoms with van der Waals surface area (Å²) in [5, 5.41) is 14.3. The van der Waals surface area contributed by atoms with Crippen LogP contribution >= 0.6 is 0 Å². The van der Waals surface area contributed by atoms with E-state index in [0.717, 1.165) is 5.52 Å². The second kappa shape index (κ2) is 2.14. The van der Waals surface area contributed by atoms with Crippen LogP contribution in [-0.2, 0) is 7.05 Å². The molecule has 4 heteroatoms. The van der Waals surface area contributed by atoms with E-state index in [1.54, 1.807) is 30.1 Å². The highest BCUT2D eigenvalue weighted by molar-refractivity contribution is 5.89. The highest BCUT2D eigenvalue weighted by Gasteiger charge is 2.05. The fourth-order valence-corrected chi connectivity index (χ4v) is 1.21. The fraction of sp³-hybridized carbons (Fsp3) is 0.125. The minimum atomic E-state index is 0.112. The molecule has 2 aromatic rings. The van der Waals surface area contributed by atoms with Crippen molar-refractivity contribution < 1.29 is 5.11 Å². The average Bonchev–Trinajstić information content (AvgIpc) is 2.39. The molecule has 0 aliphatic heterocycles. The molecule has 62 valence electrons. The molecule has 3 N–H and O–H groups in total. The number of aromatic nitrogens is 2. The first kappa shape index (κ1) is 6.97. The van der Waals surface area contributed by atoms with Crippen LogP contribution in [0, 0.1) is 0 Å². The number of benzene rings is 1. The maximum atomic E-state index is 9.49. The molecule has 1 aromatic carbocycles. The molecule has 0 unspecified atom stereocenters. The first-order valence-electron chi connectivity index (χ1n) is 3.59. The summed E-state index contributed by atoms with van der Waals surface area (Å²) in [7, 11) is 1.80. The third-order valence-electron chi connectivity index (χ3n) is 1.81. The number of nitrogen functional groups attached to an aromatic ring is 1. The Morgan fingerprint density at radius 3 is 3.00 bits per heavy atom. The summed E-state index contributed by atoms with van der Waals surface area (Å²) in [5.74, 6) is 0.112. The van der Waals surface area contributed by atoms with E-state index in [4.69, 9.17) is 5.73 Å². The maximum absolute atomic E-state index is 9.49. The molecule has 0 atom stereocenters. The van der Waals surface area contributed by atoms with Gasteiger partial charge in [0.15, 0.2) is 0 Å². The van der Waals surface area contributed by atoms with E-state index in [-0.39, 0.29) is 5.75 Å². The van der Waals surface area contributed by atoms with Crippen molar-refractivity contribution in [1.82, 2.24) is 9.78 Å². The van der Waals surface area contributed by atoms with E-state index in [9.17, 15) is 5.11 Å². The third-order valence-corrected chi connectivity index (χ3v) is 1.81. The number of hydrogen-bond acceptors (Lipinski definition) is 3. The number of fused-ring (bicyclic) bond motifs is 1. The Morgan fingerprint density at radius 1 is 1.50 bits per heavy atom. The summed E-state index contributed by atoms with van der Waals surface area (Å²) in [6.45, 7) is 0. The van der Waals surface area contributed by atoms with Crippen LogP contribution in [0.3, 0.4) is 0 Å². The van der Waals surface area contributed by atoms with Crippen molar-refractivity contribution in [1.29, 1.82) is 0 Å². The van der Waals surface area contributed by atoms with Crippen molar-refractivity contribution in [3.63, 3.8) is 0 Å². The molecule has 0 saturated heterocycles. The minimum absolute atomic E-state index is 0.112. The van der Waals surface area contributed by atoms with Gasteiger partial charge in [0.2, 0.25) is 0 Å². The topological polar surface area (TPSA) is 64.1 Å². The second-order valence-electron chi connectivity index (χ2n) is 2.74. The first-order chi connectivity index (χ1) is 5.68. The summed E-state index contributed by atoms with van der Waals surface area (Å²) < 4.78 is 1.64. The molecule has 0 amide bonds. The van der Waals surface area contributed by atoms with Gasteiger partial charge in [-0.25, -0.2) is 0 Å². The Hall–Kier alpha value is -1.71. The van der Waals surface area contributed by atoms with Gasteiger partial charge in [0.25, 0.3) is 0 Å². The molecular formula is C8H9N3O. The van der Waals surface area contributed by atoms with Gasteiger partial charge < -0.3 is 10.8 Å². The van der Waals surface area contributed by atoms with Crippen molar-refractivity contribution in [2.45, 2.75) is 0 Å². The van der Waals surface area contributed by atoms with Gasteiger partial charge in [0, 0.05) is 13.2 Å². The monoisotopic (exact) mass is 163 g/mol. The first-order valence-corrected chi connectivity index (χ1v) is 3.59. The van der Waals surface area contributed by atoms with E-state index in [0.29, 0.717) is 11.1 Å². The average molecular weight is 163 g/mol. The zero-order valence-corrected chi connectivity index (χ0v) is 6.65. The van der Waals surface area contributed by atoms with Crippen LogP contribution in [0.25, 0.3) is 10.9 Å². The number of phenols is 1. The number of aromatic hydroxyl groups is 1. The lowest BCUT2D eigenvalue weighted by atomic mass is 10.2. The quantitative estimate of drug-likeness (QED) is 0.447. The molecule has 12 heavy (non-hydrogen) atoms. The van der Waals surface area contributed by atoms with Gasteiger partial charge >= 0.3 is 0 Å². The number of nitrogens with two attached hydrogens (primary N) is 1. The van der Waals surface area contributed by atoms with Gasteiger partial charge in [0.1, 0.15) is 5.75 Å². The van der Waals surface area contributed by atoms with E-state index in [2.05, 4.69) is 5.10 Å². The SMILES string of the molecule is Cn1cc2c(O)c(N)ccc2n1. The molecule has 0 aliphatic rings. The molecule has 0 saturated carbocycles. The van der Waals surface area contributed by atoms with E-state index in [1.165, 1.54) is 0 Å². The van der Waals surface area contributed by atoms with Gasteiger partial charge in [-0.3, -0.25) is 4.68 Å². The fourth-order valence-electron chi connectivity index (χ4n) is 1.21. The molecule has 0 radical (unpaired) electrons. The smallest absolute Gasteiger partial charge is 0.149 e. The Labute approximate surface area is 69.2 Å². The highest BCUT2D eigenvalue weighted by atomic mass is 16.3. The summed E-state index contributed by atoms with van der Waals surface area (Å²) >= 11 is 0. The largest absolute Gasteiger partial charge is 0.505 e. The van der Waals surface area contributed by atoms with Gasteiger partial charge in [0.05, 0.1) is 16.6 Å². The van der Waals surface area contributed by atoms with Crippen molar-refractivity contribution in [2.75, 3.05) is 5.73 Å². The van der Waals surface area contributed by atoms with Crippen LogP contribution in [0.1, 0.15) is 0 Å². The Morgan fingerprint density at radius 2 is 2.25 bits per heavy atom. The van der Waals surface area contributed by atoms with Crippen molar-refractivity contribution in [3.8, 4) is 5.75 Å². The molecular weight excluding hydrogens is 154 g/mol. The zero-order chi connectivity index (χ0) is 8.72. The lowest BCUT2D eigenvalue weighted by Crippen LogP contribution is -1.85. The lowest BCUT2D eigenvalue weighted by molar-refractivity contribution is 0.484. The number of rotatable bonds is 0. The van der Waals surface area contributed by atoms with Crippen LogP contribution in [0.15, 0.2) is 18.3 Å². The summed E-state index contributed by atoms with van der Waals surface area (Å²) in [6.07, 6.45) is 1.74. The maximum Gasteiger partial charge on any atom is 0.149 e. The molecule has 1 heterocycles. The van der Waals surface area contributed by atoms with Crippen LogP contribution < -0.4 is 5.73 Å². The lowest BCUT2D eigenvalue weighted by Gasteiger charge is -1.96. The number of nitrogens with zero attached hydrogens (tertiary/aromatic N) is 2. The summed E-state index contributed by atoms with van der Waals surface area (Å²) in [4.78, 5) is 0. The van der Waals surface area contributed by atoms with Crippen LogP contribution in [0.2, 0.25) is 0 Å². The molecule has 0 bridgehead atoms. The number of hydrogen-bond donors (Lipinski definition) is 2. The summed E-state index contributed by atoms with van der Waals surface area (Å²) in [6, 6.07) is 3.43. The minimum Gasteiger partial charge on any atom is -0.505 e. The van der Waals surface area contributed by atoms with Crippen LogP contribution in [0.5, 0.6) is 5.75 Å². The Kier molecular flexibility index (Phi) is 1.24. The Bertz CT molecular complexity index is 433. The number of aryl methyl sites for hydroxylation is 1. The molecule has 1 aromatic heterocycles. The standard InChI is InChI=1S/C8H9N3O/c1-11-4-5-7(10-11)3-2-6(9)8(5)12/h2-4,12H,9H2,1H3. The van der Waals surface area contributed by atoms with Gasteiger partial charge in [-0.05, 0) is 12.1 Å². The zero-order valence-electron chi connectivity index (χ0n) is 6.65. The molecule has 2 rings (SSSR count). The Balaban J connectivity index is 2.89. The molecule has 4 nitrogen and oxygen atoms in total. The third kappa shape index (κ3) is 0.812. The van der Waals surface area contributed by atoms with Crippen LogP contribution in [0.4, 0.5) is 5.69 Å². The van der Waals surface area contributed by atoms with Crippen molar-refractivity contribution in [2.24, 2.45) is 7.05 Å². The normalized spacial score (nSPS) is 10.8. The predicted molar refractivity (Wildman–Crippen MR) is 46.8 cm³/mol. The second-order valence-corrected chi connectivity index (χ2v) is 2.74. The van der Waals surface area contributed by atoms with E-state index in [1.807, 2.05) is 0 Å². The molecule has 0 fully saturated rings. The van der Waals surface area contributed by atoms with Gasteiger partial charge in [-0.2, -0.15) is 5.10 Å². The van der Waals surface area contributed by atoms with Gasteiger partial charge in [-0.1, -0.05) is 0 Å². The summed E-state index contributed by atoms with van der Waals surface area (Å²) in [5.41, 5.74) is 6.65. The number of phenolic OH excluding ortho intramolecular Hbond substituents is 1. The van der Waals surface area contributed by atoms with Crippen molar-refractivity contribution >= 4 is 16.6 Å². The number of anilines is 1. The van der Waals surface area contributed by atoms with E-state index < -0.39 is 0 Å². The van der Waals surface area contributed by atoms with E-state index >= 15 is 0 Å². The molecule has 0 aliphatic carbocycles. The predicted octanol–water partition coefficient (Wildman–Crippen LogP) is 0.861. The van der Waals surface area contributed by atoms with Crippen molar-refractivity contribution in [3.05, 3.63) is 18.3 Å². The van der Waals surface area contributed by atoms with Gasteiger partial charge in [-0.15, -0.1) is 0 Å².